The summed E-state index contributed by atoms with van der Waals surface area (Å²) >= 11 is 0. The van der Waals surface area contributed by atoms with Gasteiger partial charge in [-0.1, -0.05) is 6.92 Å². The number of nitriles is 5. The predicted octanol–water partition coefficient (Wildman–Crippen LogP) is 2.54. The first-order chi connectivity index (χ1) is 17.2. The molecule has 0 aliphatic rings. The predicted molar refractivity (Wildman–Crippen MR) is 122 cm³/mol. The number of nitrogens with zero attached hydrogens (tertiary/aromatic N) is 5. The minimum Gasteiger partial charge on any atom is -0.379 e. The molecular weight excluding hydrogens is 454 g/mol. The van der Waals surface area contributed by atoms with Gasteiger partial charge in [0.2, 0.25) is 0 Å². The summed E-state index contributed by atoms with van der Waals surface area (Å²) in [6.07, 6.45) is -1.45. The number of rotatable bonds is 23. The second-order valence-corrected chi connectivity index (χ2v) is 7.18. The lowest BCUT2D eigenvalue weighted by Gasteiger charge is -2.37. The van der Waals surface area contributed by atoms with Crippen LogP contribution in [-0.4, -0.2) is 77.3 Å². The van der Waals surface area contributed by atoms with Crippen LogP contribution in [0, 0.1) is 56.7 Å². The Hall–Kier alpha value is -2.79. The molecule has 35 heavy (non-hydrogen) atoms. The highest BCUT2D eigenvalue weighted by molar-refractivity contribution is 4.88. The van der Waals surface area contributed by atoms with E-state index in [4.69, 9.17) is 54.7 Å². The second-order valence-electron chi connectivity index (χ2n) is 7.18. The molecule has 0 amide bonds. The molecule has 0 aliphatic heterocycles. The van der Waals surface area contributed by atoms with Crippen molar-refractivity contribution in [2.24, 2.45) is 0 Å². The van der Waals surface area contributed by atoms with Crippen LogP contribution in [0.5, 0.6) is 0 Å². The van der Waals surface area contributed by atoms with E-state index in [1.807, 2.05) is 37.3 Å². The largest absolute Gasteiger partial charge is 0.379 e. The molecule has 0 radical (unpaired) electrons. The van der Waals surface area contributed by atoms with E-state index in [9.17, 15) is 0 Å². The van der Waals surface area contributed by atoms with E-state index in [1.54, 1.807) is 0 Å². The summed E-state index contributed by atoms with van der Waals surface area (Å²) in [6, 6.07) is 10.1. The smallest absolute Gasteiger partial charge is 0.115 e. The molecule has 0 aromatic heterocycles. The molecule has 0 fully saturated rings. The Balaban J connectivity index is 5.98. The van der Waals surface area contributed by atoms with Gasteiger partial charge in [0.1, 0.15) is 24.4 Å². The third-order valence-corrected chi connectivity index (χ3v) is 4.47. The van der Waals surface area contributed by atoms with Crippen molar-refractivity contribution in [2.75, 3.05) is 52.9 Å². The van der Waals surface area contributed by atoms with E-state index < -0.39 is 24.4 Å². The fraction of sp³-hybridized carbons (Fsp3) is 0.792. The highest BCUT2D eigenvalue weighted by Gasteiger charge is 2.38. The van der Waals surface area contributed by atoms with Gasteiger partial charge in [-0.15, -0.1) is 0 Å². The maximum Gasteiger partial charge on any atom is 0.115 e. The quantitative estimate of drug-likeness (QED) is 0.193. The molecule has 4 atom stereocenters. The van der Waals surface area contributed by atoms with Gasteiger partial charge in [-0.05, 0) is 6.42 Å². The fourth-order valence-electron chi connectivity index (χ4n) is 2.96. The Kier molecular flexibility index (Phi) is 22.4. The summed E-state index contributed by atoms with van der Waals surface area (Å²) in [4.78, 5) is 0. The highest BCUT2D eigenvalue weighted by atomic mass is 16.6. The third kappa shape index (κ3) is 16.5. The van der Waals surface area contributed by atoms with Crippen LogP contribution < -0.4 is 0 Å². The van der Waals surface area contributed by atoms with Crippen LogP contribution in [-0.2, 0) is 28.4 Å². The van der Waals surface area contributed by atoms with E-state index in [-0.39, 0.29) is 78.4 Å². The van der Waals surface area contributed by atoms with Crippen molar-refractivity contribution in [2.45, 2.75) is 69.9 Å². The number of hydrogen-bond acceptors (Lipinski definition) is 11. The molecule has 11 nitrogen and oxygen atoms in total. The van der Waals surface area contributed by atoms with Crippen LogP contribution in [0.25, 0.3) is 0 Å². The van der Waals surface area contributed by atoms with Crippen molar-refractivity contribution in [3.05, 3.63) is 0 Å². The van der Waals surface area contributed by atoms with Gasteiger partial charge in [0.25, 0.3) is 0 Å². The van der Waals surface area contributed by atoms with Gasteiger partial charge in [-0.2, -0.15) is 26.3 Å². The first-order valence-corrected chi connectivity index (χ1v) is 11.7. The first-order valence-electron chi connectivity index (χ1n) is 11.7. The van der Waals surface area contributed by atoms with Crippen molar-refractivity contribution in [3.63, 3.8) is 0 Å². The van der Waals surface area contributed by atoms with Gasteiger partial charge >= 0.3 is 0 Å². The van der Waals surface area contributed by atoms with Gasteiger partial charge < -0.3 is 28.4 Å². The molecule has 11 heteroatoms. The number of hydrogen-bond donors (Lipinski definition) is 0. The Labute approximate surface area is 208 Å². The van der Waals surface area contributed by atoms with E-state index in [0.29, 0.717) is 6.61 Å². The standard InChI is InChI=1S/C24H35N5O6/c1-2-13-30-19-21(32-15-4-9-26)23(34-17-6-11-28)24(35-18-7-12-29)22(33-16-5-10-27)20-31-14-3-8-25/h21-24H,2-7,13-20H2,1H3. The molecule has 0 N–H and O–H groups in total. The molecule has 0 bridgehead atoms. The molecule has 192 valence electrons. The second kappa shape index (κ2) is 24.3. The van der Waals surface area contributed by atoms with Gasteiger partial charge in [-0.3, -0.25) is 0 Å². The lowest BCUT2D eigenvalue weighted by atomic mass is 10.0. The zero-order valence-electron chi connectivity index (χ0n) is 20.4. The van der Waals surface area contributed by atoms with Crippen molar-refractivity contribution in [1.29, 1.82) is 26.3 Å². The van der Waals surface area contributed by atoms with Gasteiger partial charge in [0, 0.05) is 6.61 Å². The lowest BCUT2D eigenvalue weighted by Crippen LogP contribution is -2.52. The molecule has 0 aliphatic carbocycles. The zero-order chi connectivity index (χ0) is 26.0. The van der Waals surface area contributed by atoms with E-state index in [0.717, 1.165) is 6.42 Å². The van der Waals surface area contributed by atoms with E-state index >= 15 is 0 Å². The summed E-state index contributed by atoms with van der Waals surface area (Å²) < 4.78 is 35.3. The summed E-state index contributed by atoms with van der Waals surface area (Å²) in [7, 11) is 0. The SMILES string of the molecule is CCCOCC(OCCC#N)C(OCCC#N)C(OCCC#N)C(COCCC#N)OCCC#N. The summed E-state index contributed by atoms with van der Waals surface area (Å²) in [5.41, 5.74) is 0. The molecule has 0 spiro atoms. The Bertz CT molecular complexity index is 733. The van der Waals surface area contributed by atoms with E-state index in [1.165, 1.54) is 0 Å². The third-order valence-electron chi connectivity index (χ3n) is 4.47. The topological polar surface area (TPSA) is 174 Å². The minimum absolute atomic E-state index is 0.0448. The van der Waals surface area contributed by atoms with Crippen LogP contribution in [0.1, 0.15) is 45.4 Å². The summed E-state index contributed by atoms with van der Waals surface area (Å²) in [6.45, 7) is 3.25. The first kappa shape index (κ1) is 32.2. The summed E-state index contributed by atoms with van der Waals surface area (Å²) in [5, 5.41) is 44.7. The van der Waals surface area contributed by atoms with Crippen LogP contribution >= 0.6 is 0 Å². The molecule has 0 saturated carbocycles. The Morgan fingerprint density at radius 3 is 1.20 bits per heavy atom. The monoisotopic (exact) mass is 489 g/mol. The molecule has 0 aromatic carbocycles. The molecule has 0 rings (SSSR count). The molecule has 0 aromatic rings. The van der Waals surface area contributed by atoms with Crippen molar-refractivity contribution < 1.29 is 28.4 Å². The summed E-state index contributed by atoms with van der Waals surface area (Å²) in [5.74, 6) is 0. The van der Waals surface area contributed by atoms with Gasteiger partial charge in [0.15, 0.2) is 0 Å². The molecule has 4 unspecified atom stereocenters. The normalized spacial score (nSPS) is 13.8. The minimum atomic E-state index is -0.805. The Morgan fingerprint density at radius 1 is 0.486 bits per heavy atom. The lowest BCUT2D eigenvalue weighted by molar-refractivity contribution is -0.195. The van der Waals surface area contributed by atoms with Crippen molar-refractivity contribution >= 4 is 0 Å². The van der Waals surface area contributed by atoms with Crippen LogP contribution in [0.2, 0.25) is 0 Å². The molecule has 0 saturated heterocycles. The number of ether oxygens (including phenoxy) is 6. The van der Waals surface area contributed by atoms with Gasteiger partial charge in [0.05, 0.1) is 109 Å². The Morgan fingerprint density at radius 2 is 0.829 bits per heavy atom. The van der Waals surface area contributed by atoms with Crippen LogP contribution in [0.15, 0.2) is 0 Å². The highest BCUT2D eigenvalue weighted by Crippen LogP contribution is 2.21. The van der Waals surface area contributed by atoms with E-state index in [2.05, 4.69) is 0 Å². The molecular formula is C24H35N5O6. The average Bonchev–Trinajstić information content (AvgIpc) is 2.86. The van der Waals surface area contributed by atoms with Crippen molar-refractivity contribution in [3.8, 4) is 30.3 Å². The fourth-order valence-corrected chi connectivity index (χ4v) is 2.96. The van der Waals surface area contributed by atoms with Crippen molar-refractivity contribution in [1.82, 2.24) is 0 Å². The van der Waals surface area contributed by atoms with Crippen LogP contribution in [0.4, 0.5) is 0 Å². The van der Waals surface area contributed by atoms with Crippen LogP contribution in [0.3, 0.4) is 0 Å². The average molecular weight is 490 g/mol. The maximum atomic E-state index is 9.00. The zero-order valence-corrected chi connectivity index (χ0v) is 20.4. The van der Waals surface area contributed by atoms with Gasteiger partial charge in [-0.25, -0.2) is 0 Å². The molecule has 0 heterocycles. The maximum absolute atomic E-state index is 9.00.